The highest BCUT2D eigenvalue weighted by Crippen LogP contribution is 2.27. The maximum Gasteiger partial charge on any atom is 0.245 e. The number of hydrogen-bond acceptors (Lipinski definition) is 5. The molecule has 1 aromatic heterocycles. The molecule has 25 heavy (non-hydrogen) atoms. The van der Waals surface area contributed by atoms with Gasteiger partial charge in [-0.1, -0.05) is 17.7 Å². The van der Waals surface area contributed by atoms with E-state index in [4.69, 9.17) is 16.3 Å². The Morgan fingerprint density at radius 3 is 2.76 bits per heavy atom. The Labute approximate surface area is 151 Å². The molecule has 1 atom stereocenters. The van der Waals surface area contributed by atoms with Crippen LogP contribution in [-0.4, -0.2) is 32.5 Å². The SMILES string of the molecule is COc1ccc(Cl)cc1S(=O)(=O)N[C@H](C)C(=O)NCc1cccnc1. The summed E-state index contributed by atoms with van der Waals surface area (Å²) in [6.45, 7) is 1.70. The summed E-state index contributed by atoms with van der Waals surface area (Å²) < 4.78 is 32.4. The molecule has 1 amide bonds. The number of pyridine rings is 1. The van der Waals surface area contributed by atoms with Crippen molar-refractivity contribution in [3.05, 3.63) is 53.3 Å². The standard InChI is InChI=1S/C16H18ClN3O4S/c1-11(16(21)19-10-12-4-3-7-18-9-12)20-25(22,23)15-8-13(17)5-6-14(15)24-2/h3-9,11,20H,10H2,1-2H3,(H,19,21)/t11-/m1/s1. The number of nitrogens with zero attached hydrogens (tertiary/aromatic N) is 1. The second-order valence-corrected chi connectivity index (χ2v) is 7.34. The van der Waals surface area contributed by atoms with Crippen LogP contribution in [0.25, 0.3) is 0 Å². The van der Waals surface area contributed by atoms with E-state index in [9.17, 15) is 13.2 Å². The molecule has 0 fully saturated rings. The highest BCUT2D eigenvalue weighted by molar-refractivity contribution is 7.89. The first-order valence-electron chi connectivity index (χ1n) is 7.36. The molecule has 0 spiro atoms. The van der Waals surface area contributed by atoms with E-state index in [2.05, 4.69) is 15.0 Å². The first-order chi connectivity index (χ1) is 11.8. The van der Waals surface area contributed by atoms with Crippen molar-refractivity contribution in [1.29, 1.82) is 0 Å². The van der Waals surface area contributed by atoms with Gasteiger partial charge in [0.15, 0.2) is 0 Å². The summed E-state index contributed by atoms with van der Waals surface area (Å²) in [7, 11) is -2.63. The van der Waals surface area contributed by atoms with Gasteiger partial charge in [0.05, 0.1) is 13.2 Å². The highest BCUT2D eigenvalue weighted by atomic mass is 35.5. The quantitative estimate of drug-likeness (QED) is 0.758. The van der Waals surface area contributed by atoms with Crippen molar-refractivity contribution in [2.24, 2.45) is 0 Å². The van der Waals surface area contributed by atoms with Crippen molar-refractivity contribution in [3.8, 4) is 5.75 Å². The highest BCUT2D eigenvalue weighted by Gasteiger charge is 2.25. The second-order valence-electron chi connectivity index (χ2n) is 5.22. The van der Waals surface area contributed by atoms with Gasteiger partial charge in [-0.3, -0.25) is 9.78 Å². The molecule has 7 nitrogen and oxygen atoms in total. The fourth-order valence-electron chi connectivity index (χ4n) is 2.06. The average Bonchev–Trinajstić information content (AvgIpc) is 2.60. The first-order valence-corrected chi connectivity index (χ1v) is 9.22. The number of methoxy groups -OCH3 is 1. The molecule has 0 aliphatic heterocycles. The van der Waals surface area contributed by atoms with E-state index in [-0.39, 0.29) is 22.2 Å². The summed E-state index contributed by atoms with van der Waals surface area (Å²) in [4.78, 5) is 15.9. The monoisotopic (exact) mass is 383 g/mol. The lowest BCUT2D eigenvalue weighted by Gasteiger charge is -2.16. The first kappa shape index (κ1) is 19.2. The average molecular weight is 384 g/mol. The van der Waals surface area contributed by atoms with Crippen LogP contribution in [0.3, 0.4) is 0 Å². The molecule has 134 valence electrons. The van der Waals surface area contributed by atoms with E-state index < -0.39 is 22.0 Å². The fourth-order valence-corrected chi connectivity index (χ4v) is 3.69. The normalized spacial score (nSPS) is 12.4. The number of sulfonamides is 1. The number of carbonyl (C=O) groups is 1. The van der Waals surface area contributed by atoms with Gasteiger partial charge in [0.25, 0.3) is 0 Å². The van der Waals surface area contributed by atoms with Crippen LogP contribution in [0.5, 0.6) is 5.75 Å². The molecular formula is C16H18ClN3O4S. The van der Waals surface area contributed by atoms with E-state index in [0.717, 1.165) is 5.56 Å². The Balaban J connectivity index is 2.06. The van der Waals surface area contributed by atoms with Crippen molar-refractivity contribution in [1.82, 2.24) is 15.0 Å². The minimum Gasteiger partial charge on any atom is -0.495 e. The zero-order valence-corrected chi connectivity index (χ0v) is 15.3. The Kier molecular flexibility index (Phi) is 6.35. The van der Waals surface area contributed by atoms with Crippen molar-refractivity contribution in [3.63, 3.8) is 0 Å². The number of benzene rings is 1. The van der Waals surface area contributed by atoms with Gasteiger partial charge < -0.3 is 10.1 Å². The van der Waals surface area contributed by atoms with Gasteiger partial charge in [0.2, 0.25) is 15.9 Å². The molecule has 0 saturated carbocycles. The van der Waals surface area contributed by atoms with Crippen LogP contribution in [-0.2, 0) is 21.4 Å². The number of nitrogens with one attached hydrogen (secondary N) is 2. The van der Waals surface area contributed by atoms with Crippen molar-refractivity contribution in [2.75, 3.05) is 7.11 Å². The Bertz CT molecular complexity index is 844. The zero-order chi connectivity index (χ0) is 18.4. The van der Waals surface area contributed by atoms with Crippen molar-refractivity contribution >= 4 is 27.5 Å². The number of hydrogen-bond donors (Lipinski definition) is 2. The molecule has 2 N–H and O–H groups in total. The zero-order valence-electron chi connectivity index (χ0n) is 13.7. The lowest BCUT2D eigenvalue weighted by molar-refractivity contribution is -0.122. The summed E-state index contributed by atoms with van der Waals surface area (Å²) in [5.41, 5.74) is 0.808. The third-order valence-corrected chi connectivity index (χ3v) is 5.13. The molecule has 0 saturated heterocycles. The van der Waals surface area contributed by atoms with Gasteiger partial charge in [0.1, 0.15) is 10.6 Å². The number of amides is 1. The Hall–Kier alpha value is -2.16. The van der Waals surface area contributed by atoms with Gasteiger partial charge in [-0.2, -0.15) is 4.72 Å². The van der Waals surface area contributed by atoms with E-state index in [1.54, 1.807) is 24.5 Å². The van der Waals surface area contributed by atoms with Crippen LogP contribution in [0.15, 0.2) is 47.6 Å². The molecule has 0 radical (unpaired) electrons. The summed E-state index contributed by atoms with van der Waals surface area (Å²) in [5, 5.41) is 2.89. The van der Waals surface area contributed by atoms with Gasteiger partial charge in [-0.05, 0) is 36.8 Å². The summed E-state index contributed by atoms with van der Waals surface area (Å²) in [5.74, 6) is -0.326. The fraction of sp³-hybridized carbons (Fsp3) is 0.250. The lowest BCUT2D eigenvalue weighted by Crippen LogP contribution is -2.44. The van der Waals surface area contributed by atoms with Gasteiger partial charge >= 0.3 is 0 Å². The maximum atomic E-state index is 12.5. The lowest BCUT2D eigenvalue weighted by atomic mass is 10.2. The van der Waals surface area contributed by atoms with Crippen LogP contribution in [0, 0.1) is 0 Å². The molecule has 1 heterocycles. The molecular weight excluding hydrogens is 366 g/mol. The van der Waals surface area contributed by atoms with E-state index in [1.807, 2.05) is 0 Å². The molecule has 2 rings (SSSR count). The third-order valence-electron chi connectivity index (χ3n) is 3.33. The van der Waals surface area contributed by atoms with E-state index in [0.29, 0.717) is 0 Å². The second kappa shape index (κ2) is 8.28. The molecule has 2 aromatic rings. The van der Waals surface area contributed by atoms with Gasteiger partial charge in [-0.25, -0.2) is 8.42 Å². The van der Waals surface area contributed by atoms with Crippen LogP contribution >= 0.6 is 11.6 Å². The van der Waals surface area contributed by atoms with Crippen LogP contribution in [0.1, 0.15) is 12.5 Å². The molecule has 0 unspecified atom stereocenters. The number of aromatic nitrogens is 1. The van der Waals surface area contributed by atoms with Gasteiger partial charge in [0, 0.05) is 24.0 Å². The number of rotatable bonds is 7. The minimum absolute atomic E-state index is 0.130. The molecule has 1 aromatic carbocycles. The topological polar surface area (TPSA) is 97.4 Å². The predicted molar refractivity (Wildman–Crippen MR) is 93.9 cm³/mol. The number of ether oxygens (including phenoxy) is 1. The largest absolute Gasteiger partial charge is 0.495 e. The summed E-state index contributed by atoms with van der Waals surface area (Å²) in [6, 6.07) is 6.81. The number of halogens is 1. The molecule has 9 heteroatoms. The smallest absolute Gasteiger partial charge is 0.245 e. The van der Waals surface area contributed by atoms with E-state index >= 15 is 0 Å². The molecule has 0 aliphatic carbocycles. The van der Waals surface area contributed by atoms with Crippen LogP contribution in [0.4, 0.5) is 0 Å². The Morgan fingerprint density at radius 1 is 1.36 bits per heavy atom. The van der Waals surface area contributed by atoms with E-state index in [1.165, 1.54) is 32.2 Å². The predicted octanol–water partition coefficient (Wildman–Crippen LogP) is 1.73. The van der Waals surface area contributed by atoms with Crippen LogP contribution in [0.2, 0.25) is 5.02 Å². The molecule has 0 bridgehead atoms. The Morgan fingerprint density at radius 2 is 2.12 bits per heavy atom. The summed E-state index contributed by atoms with van der Waals surface area (Å²) >= 11 is 5.86. The minimum atomic E-state index is -3.99. The van der Waals surface area contributed by atoms with Crippen molar-refractivity contribution in [2.45, 2.75) is 24.4 Å². The van der Waals surface area contributed by atoms with Crippen LogP contribution < -0.4 is 14.8 Å². The summed E-state index contributed by atoms with van der Waals surface area (Å²) in [6.07, 6.45) is 3.24. The number of carbonyl (C=O) groups excluding carboxylic acids is 1. The third kappa shape index (κ3) is 5.15. The molecule has 0 aliphatic rings. The maximum absolute atomic E-state index is 12.5. The van der Waals surface area contributed by atoms with Crippen molar-refractivity contribution < 1.29 is 17.9 Å². The van der Waals surface area contributed by atoms with Gasteiger partial charge in [-0.15, -0.1) is 0 Å².